The van der Waals surface area contributed by atoms with Gasteiger partial charge in [-0.2, -0.15) is 0 Å². The fourth-order valence-electron chi connectivity index (χ4n) is 3.64. The second-order valence-electron chi connectivity index (χ2n) is 7.27. The van der Waals surface area contributed by atoms with Crippen molar-refractivity contribution in [2.45, 2.75) is 20.3 Å². The van der Waals surface area contributed by atoms with Crippen LogP contribution >= 0.6 is 0 Å². The van der Waals surface area contributed by atoms with E-state index >= 15 is 0 Å². The Morgan fingerprint density at radius 3 is 2.59 bits per heavy atom. The first-order valence-corrected chi connectivity index (χ1v) is 9.61. The molecule has 1 aliphatic rings. The summed E-state index contributed by atoms with van der Waals surface area (Å²) in [5.41, 5.74) is 5.90. The van der Waals surface area contributed by atoms with Crippen molar-refractivity contribution in [3.8, 4) is 11.3 Å². The number of pyridine rings is 1. The van der Waals surface area contributed by atoms with Crippen LogP contribution in [0, 0.1) is 13.8 Å². The van der Waals surface area contributed by atoms with Crippen molar-refractivity contribution in [3.05, 3.63) is 65.2 Å². The number of carbonyl (C=O) groups is 1. The van der Waals surface area contributed by atoms with Gasteiger partial charge in [-0.25, -0.2) is 4.98 Å². The molecule has 0 unspecified atom stereocenters. The topological polar surface area (TPSA) is 45.2 Å². The van der Waals surface area contributed by atoms with E-state index in [2.05, 4.69) is 31.3 Å². The quantitative estimate of drug-likeness (QED) is 0.753. The highest BCUT2D eigenvalue weighted by molar-refractivity contribution is 6.07. The monoisotopic (exact) mass is 359 g/mol. The van der Waals surface area contributed by atoms with Crippen LogP contribution in [0.2, 0.25) is 0 Å². The zero-order chi connectivity index (χ0) is 18.8. The van der Waals surface area contributed by atoms with Crippen LogP contribution < -0.4 is 5.32 Å². The van der Waals surface area contributed by atoms with E-state index in [-0.39, 0.29) is 5.91 Å². The first-order valence-electron chi connectivity index (χ1n) is 9.61. The molecule has 4 heteroatoms. The van der Waals surface area contributed by atoms with Crippen molar-refractivity contribution < 1.29 is 4.79 Å². The molecule has 2 aromatic carbocycles. The van der Waals surface area contributed by atoms with Crippen molar-refractivity contribution in [1.82, 2.24) is 15.2 Å². The third-order valence-electron chi connectivity index (χ3n) is 5.35. The molecule has 138 valence electrons. The number of hydrogen-bond acceptors (Lipinski definition) is 3. The van der Waals surface area contributed by atoms with E-state index in [9.17, 15) is 4.79 Å². The smallest absolute Gasteiger partial charge is 0.254 e. The van der Waals surface area contributed by atoms with Gasteiger partial charge in [0.15, 0.2) is 0 Å². The van der Waals surface area contributed by atoms with Crippen LogP contribution in [-0.2, 0) is 0 Å². The summed E-state index contributed by atoms with van der Waals surface area (Å²) in [7, 11) is 0. The molecule has 1 aromatic heterocycles. The molecule has 1 fully saturated rings. The van der Waals surface area contributed by atoms with Crippen LogP contribution in [0.5, 0.6) is 0 Å². The Morgan fingerprint density at radius 1 is 1.00 bits per heavy atom. The van der Waals surface area contributed by atoms with Gasteiger partial charge in [0, 0.05) is 30.6 Å². The molecule has 1 N–H and O–H groups in total. The third kappa shape index (κ3) is 3.58. The fraction of sp³-hybridized carbons (Fsp3) is 0.304. The summed E-state index contributed by atoms with van der Waals surface area (Å²) in [5, 5.41) is 4.31. The summed E-state index contributed by atoms with van der Waals surface area (Å²) in [6.45, 7) is 7.53. The third-order valence-corrected chi connectivity index (χ3v) is 5.35. The van der Waals surface area contributed by atoms with Crippen LogP contribution in [0.15, 0.2) is 48.5 Å². The van der Waals surface area contributed by atoms with Crippen molar-refractivity contribution in [1.29, 1.82) is 0 Å². The van der Waals surface area contributed by atoms with Crippen LogP contribution in [0.3, 0.4) is 0 Å². The highest BCUT2D eigenvalue weighted by atomic mass is 16.2. The number of aromatic nitrogens is 1. The summed E-state index contributed by atoms with van der Waals surface area (Å²) < 4.78 is 0. The predicted molar refractivity (Wildman–Crippen MR) is 110 cm³/mol. The van der Waals surface area contributed by atoms with E-state index in [1.807, 2.05) is 41.3 Å². The lowest BCUT2D eigenvalue weighted by molar-refractivity contribution is 0.0768. The Morgan fingerprint density at radius 2 is 1.78 bits per heavy atom. The van der Waals surface area contributed by atoms with Crippen molar-refractivity contribution in [2.75, 3.05) is 26.2 Å². The molecule has 27 heavy (non-hydrogen) atoms. The number of amides is 1. The van der Waals surface area contributed by atoms with Crippen molar-refractivity contribution in [2.24, 2.45) is 0 Å². The van der Waals surface area contributed by atoms with Gasteiger partial charge in [-0.05, 0) is 56.1 Å². The fourth-order valence-corrected chi connectivity index (χ4v) is 3.64. The van der Waals surface area contributed by atoms with Crippen LogP contribution in [0.1, 0.15) is 27.9 Å². The van der Waals surface area contributed by atoms with E-state index in [0.29, 0.717) is 0 Å². The molecule has 1 saturated heterocycles. The minimum atomic E-state index is 0.103. The highest BCUT2D eigenvalue weighted by Crippen LogP contribution is 2.28. The molecule has 0 spiro atoms. The average Bonchev–Trinajstić information content (AvgIpc) is 2.98. The largest absolute Gasteiger partial charge is 0.337 e. The lowest BCUT2D eigenvalue weighted by Crippen LogP contribution is -2.34. The number of nitrogens with one attached hydrogen (secondary N) is 1. The molecule has 4 nitrogen and oxygen atoms in total. The van der Waals surface area contributed by atoms with E-state index in [1.165, 1.54) is 11.1 Å². The second-order valence-corrected chi connectivity index (χ2v) is 7.27. The summed E-state index contributed by atoms with van der Waals surface area (Å²) in [5.74, 6) is 0.103. The maximum absolute atomic E-state index is 13.4. The van der Waals surface area contributed by atoms with Gasteiger partial charge in [0.05, 0.1) is 16.8 Å². The Kier molecular flexibility index (Phi) is 4.90. The summed E-state index contributed by atoms with van der Waals surface area (Å²) in [6.07, 6.45) is 0.985. The summed E-state index contributed by atoms with van der Waals surface area (Å²) in [6, 6.07) is 16.3. The maximum Gasteiger partial charge on any atom is 0.254 e. The van der Waals surface area contributed by atoms with Gasteiger partial charge in [0.2, 0.25) is 0 Å². The first kappa shape index (κ1) is 17.7. The van der Waals surface area contributed by atoms with Gasteiger partial charge in [-0.1, -0.05) is 30.3 Å². The number of aryl methyl sites for hydroxylation is 2. The van der Waals surface area contributed by atoms with Gasteiger partial charge in [0.1, 0.15) is 0 Å². The predicted octanol–water partition coefficient (Wildman–Crippen LogP) is 3.95. The van der Waals surface area contributed by atoms with Crippen molar-refractivity contribution in [3.63, 3.8) is 0 Å². The maximum atomic E-state index is 13.4. The molecule has 3 aromatic rings. The number of rotatable bonds is 2. The molecule has 1 amide bonds. The molecule has 0 bridgehead atoms. The second kappa shape index (κ2) is 7.49. The molecule has 0 saturated carbocycles. The number of hydrogen-bond donors (Lipinski definition) is 1. The van der Waals surface area contributed by atoms with Gasteiger partial charge >= 0.3 is 0 Å². The molecule has 0 aliphatic carbocycles. The number of benzene rings is 2. The molecule has 2 heterocycles. The number of fused-ring (bicyclic) bond motifs is 1. The van der Waals surface area contributed by atoms with Gasteiger partial charge in [-0.15, -0.1) is 0 Å². The Hall–Kier alpha value is -2.72. The number of nitrogens with zero attached hydrogens (tertiary/aromatic N) is 2. The Labute approximate surface area is 160 Å². The SMILES string of the molecule is Cc1cc2nc(-c3ccccc3)cc(C(=O)N3CCCNCC3)c2cc1C. The van der Waals surface area contributed by atoms with Gasteiger partial charge < -0.3 is 10.2 Å². The van der Waals surface area contributed by atoms with Crippen molar-refractivity contribution >= 4 is 16.8 Å². The molecule has 0 radical (unpaired) electrons. The van der Waals surface area contributed by atoms with Crippen LogP contribution in [0.25, 0.3) is 22.2 Å². The standard InChI is InChI=1S/C23H25N3O/c1-16-13-19-20(23(27)26-11-6-9-24-10-12-26)15-21(18-7-4-3-5-8-18)25-22(19)14-17(16)2/h3-5,7-8,13-15,24H,6,9-12H2,1-2H3. The Balaban J connectivity index is 1.88. The normalized spacial score (nSPS) is 15.0. The molecule has 1 aliphatic heterocycles. The number of carbonyl (C=O) groups excluding carboxylic acids is 1. The first-order chi connectivity index (χ1) is 13.1. The van der Waals surface area contributed by atoms with Gasteiger partial charge in [-0.3, -0.25) is 4.79 Å². The minimum Gasteiger partial charge on any atom is -0.337 e. The average molecular weight is 359 g/mol. The lowest BCUT2D eigenvalue weighted by Gasteiger charge is -2.21. The van der Waals surface area contributed by atoms with Crippen LogP contribution in [0.4, 0.5) is 0 Å². The summed E-state index contributed by atoms with van der Waals surface area (Å²) >= 11 is 0. The van der Waals surface area contributed by atoms with E-state index < -0.39 is 0 Å². The minimum absolute atomic E-state index is 0.103. The van der Waals surface area contributed by atoms with E-state index in [4.69, 9.17) is 4.98 Å². The van der Waals surface area contributed by atoms with Gasteiger partial charge in [0.25, 0.3) is 5.91 Å². The molecule has 0 atom stereocenters. The summed E-state index contributed by atoms with van der Waals surface area (Å²) in [4.78, 5) is 20.3. The molecular formula is C23H25N3O. The zero-order valence-corrected chi connectivity index (χ0v) is 16.0. The molecule has 4 rings (SSSR count). The lowest BCUT2D eigenvalue weighted by atomic mass is 9.99. The zero-order valence-electron chi connectivity index (χ0n) is 16.0. The highest BCUT2D eigenvalue weighted by Gasteiger charge is 2.21. The van der Waals surface area contributed by atoms with E-state index in [1.54, 1.807) is 0 Å². The van der Waals surface area contributed by atoms with Crippen LogP contribution in [-0.4, -0.2) is 42.0 Å². The Bertz CT molecular complexity index is 974. The molecular weight excluding hydrogens is 334 g/mol. The van der Waals surface area contributed by atoms with E-state index in [0.717, 1.165) is 60.3 Å².